The van der Waals surface area contributed by atoms with E-state index in [1.165, 1.54) is 17.6 Å². The third kappa shape index (κ3) is 7.02. The number of Topliss-reactive ketones (excluding diaryl/α,β-unsaturated/α-hetero) is 2. The van der Waals surface area contributed by atoms with Crippen molar-refractivity contribution in [1.29, 1.82) is 0 Å². The molecule has 0 fully saturated rings. The monoisotopic (exact) mass is 452 g/mol. The zero-order chi connectivity index (χ0) is 22.9. The van der Waals surface area contributed by atoms with Crippen molar-refractivity contribution in [2.24, 2.45) is 0 Å². The van der Waals surface area contributed by atoms with Crippen molar-refractivity contribution in [3.8, 4) is 0 Å². The van der Waals surface area contributed by atoms with Gasteiger partial charge in [0.2, 0.25) is 5.91 Å². The molecule has 166 valence electrons. The van der Waals surface area contributed by atoms with Gasteiger partial charge in [0.1, 0.15) is 5.78 Å². The average molecular weight is 453 g/mol. The summed E-state index contributed by atoms with van der Waals surface area (Å²) in [4.78, 5) is 50.0. The Kier molecular flexibility index (Phi) is 8.10. The Hall–Kier alpha value is -3.52. The fourth-order valence-corrected chi connectivity index (χ4v) is 3.82. The third-order valence-electron chi connectivity index (χ3n) is 4.70. The molecule has 2 N–H and O–H groups in total. The first-order valence-electron chi connectivity index (χ1n) is 10.2. The highest BCUT2D eigenvalue weighted by atomic mass is 32.1. The van der Waals surface area contributed by atoms with Crippen LogP contribution in [0.4, 0.5) is 5.69 Å². The fraction of sp³-hybridized carbons (Fsp3) is 0.250. The summed E-state index contributed by atoms with van der Waals surface area (Å²) in [5.74, 6) is -0.545. The van der Waals surface area contributed by atoms with E-state index in [0.29, 0.717) is 10.6 Å². The molecule has 7 nitrogen and oxygen atoms in total. The van der Waals surface area contributed by atoms with Crippen LogP contribution in [-0.2, 0) is 16.1 Å². The Morgan fingerprint density at radius 3 is 2.47 bits per heavy atom. The molecular formula is C24H24N2O5S. The molecule has 0 aliphatic rings. The molecular weight excluding hydrogens is 428 g/mol. The molecule has 0 radical (unpaired) electrons. The Morgan fingerprint density at radius 2 is 1.75 bits per heavy atom. The molecule has 3 aromatic rings. The summed E-state index contributed by atoms with van der Waals surface area (Å²) in [5.41, 5.74) is 1.39. The molecule has 2 aromatic heterocycles. The van der Waals surface area contributed by atoms with Crippen molar-refractivity contribution in [2.45, 2.75) is 39.2 Å². The Morgan fingerprint density at radius 1 is 0.938 bits per heavy atom. The summed E-state index contributed by atoms with van der Waals surface area (Å²) in [5, 5.41) is 5.50. The third-order valence-corrected chi connectivity index (χ3v) is 5.74. The first kappa shape index (κ1) is 23.1. The van der Waals surface area contributed by atoms with Gasteiger partial charge in [-0.25, -0.2) is 0 Å². The summed E-state index contributed by atoms with van der Waals surface area (Å²) >= 11 is 1.42. The largest absolute Gasteiger partial charge is 0.459 e. The number of hydrogen-bond donors (Lipinski definition) is 2. The minimum absolute atomic E-state index is 0.0417. The number of hydrogen-bond acceptors (Lipinski definition) is 6. The maximum Gasteiger partial charge on any atom is 0.291 e. The molecule has 0 aliphatic carbocycles. The predicted octanol–water partition coefficient (Wildman–Crippen LogP) is 4.53. The van der Waals surface area contributed by atoms with Gasteiger partial charge < -0.3 is 15.1 Å². The van der Waals surface area contributed by atoms with Gasteiger partial charge in [-0.1, -0.05) is 12.1 Å². The highest BCUT2D eigenvalue weighted by Crippen LogP contribution is 2.18. The van der Waals surface area contributed by atoms with Crippen LogP contribution in [0, 0.1) is 6.92 Å². The molecule has 32 heavy (non-hydrogen) atoms. The molecule has 3 rings (SSSR count). The van der Waals surface area contributed by atoms with Crippen molar-refractivity contribution >= 4 is 40.4 Å². The van der Waals surface area contributed by atoms with Crippen LogP contribution < -0.4 is 10.6 Å². The minimum atomic E-state index is -0.359. The lowest BCUT2D eigenvalue weighted by Gasteiger charge is -2.08. The zero-order valence-corrected chi connectivity index (χ0v) is 18.5. The first-order valence-corrected chi connectivity index (χ1v) is 11.0. The molecule has 0 aliphatic heterocycles. The smallest absolute Gasteiger partial charge is 0.291 e. The number of rotatable bonds is 11. The molecule has 0 spiro atoms. The molecule has 8 heteroatoms. The summed E-state index contributed by atoms with van der Waals surface area (Å²) in [6.07, 6.45) is 1.90. The van der Waals surface area contributed by atoms with Crippen molar-refractivity contribution in [3.63, 3.8) is 0 Å². The lowest BCUT2D eigenvalue weighted by Crippen LogP contribution is -2.23. The number of carbonyl (C=O) groups excluding carboxylic acids is 4. The summed E-state index contributed by atoms with van der Waals surface area (Å²) in [6.45, 7) is 2.20. The maximum absolute atomic E-state index is 12.1. The van der Waals surface area contributed by atoms with Gasteiger partial charge in [0, 0.05) is 42.8 Å². The SMILES string of the molecule is Cc1ccc(C(=O)CCC(=O)CCC(=O)NCc2cccc(NC(=O)c3ccco3)c2)s1. The number of ketones is 2. The van der Waals surface area contributed by atoms with Gasteiger partial charge in [-0.2, -0.15) is 0 Å². The number of thiophene rings is 1. The van der Waals surface area contributed by atoms with Crippen molar-refractivity contribution in [1.82, 2.24) is 5.32 Å². The van der Waals surface area contributed by atoms with Crippen LogP contribution in [-0.4, -0.2) is 23.4 Å². The number of aryl methyl sites for hydroxylation is 1. The van der Waals surface area contributed by atoms with Gasteiger partial charge in [0.25, 0.3) is 5.91 Å². The summed E-state index contributed by atoms with van der Waals surface area (Å²) in [6, 6.07) is 14.0. The van der Waals surface area contributed by atoms with E-state index >= 15 is 0 Å². The number of anilines is 1. The molecule has 1 aromatic carbocycles. The lowest BCUT2D eigenvalue weighted by molar-refractivity contribution is -0.125. The molecule has 2 heterocycles. The van der Waals surface area contributed by atoms with E-state index in [1.807, 2.05) is 19.1 Å². The minimum Gasteiger partial charge on any atom is -0.459 e. The molecule has 0 saturated carbocycles. The van der Waals surface area contributed by atoms with Crippen molar-refractivity contribution in [2.75, 3.05) is 5.32 Å². The Balaban J connectivity index is 1.37. The highest BCUT2D eigenvalue weighted by Gasteiger charge is 2.13. The van der Waals surface area contributed by atoms with Crippen molar-refractivity contribution < 1.29 is 23.6 Å². The van der Waals surface area contributed by atoms with Crippen molar-refractivity contribution in [3.05, 3.63) is 75.9 Å². The van der Waals surface area contributed by atoms with Gasteiger partial charge >= 0.3 is 0 Å². The normalized spacial score (nSPS) is 10.5. The number of amides is 2. The van der Waals surface area contributed by atoms with Crippen LogP contribution >= 0.6 is 11.3 Å². The van der Waals surface area contributed by atoms with E-state index in [4.69, 9.17) is 4.42 Å². The average Bonchev–Trinajstić information content (AvgIpc) is 3.47. The van der Waals surface area contributed by atoms with Crippen LogP contribution in [0.5, 0.6) is 0 Å². The highest BCUT2D eigenvalue weighted by molar-refractivity contribution is 7.14. The van der Waals surface area contributed by atoms with Crippen LogP contribution in [0.15, 0.2) is 59.2 Å². The lowest BCUT2D eigenvalue weighted by atomic mass is 10.1. The number of furan rings is 1. The van der Waals surface area contributed by atoms with Crippen LogP contribution in [0.1, 0.15) is 56.4 Å². The van der Waals surface area contributed by atoms with Gasteiger partial charge in [-0.3, -0.25) is 19.2 Å². The van der Waals surface area contributed by atoms with Crippen LogP contribution in [0.3, 0.4) is 0 Å². The standard InChI is InChI=1S/C24H24N2O5S/c1-16-7-11-22(32-16)20(28)10-8-19(27)9-12-23(29)25-15-17-4-2-5-18(14-17)26-24(30)21-6-3-13-31-21/h2-7,11,13-14H,8-10,12,15H2,1H3,(H,25,29)(H,26,30). The van der Waals surface area contributed by atoms with Gasteiger partial charge in [-0.15, -0.1) is 11.3 Å². The van der Waals surface area contributed by atoms with Gasteiger partial charge in [-0.05, 0) is 48.9 Å². The topological polar surface area (TPSA) is 105 Å². The van der Waals surface area contributed by atoms with Gasteiger partial charge in [0.15, 0.2) is 11.5 Å². The second kappa shape index (κ2) is 11.2. The van der Waals surface area contributed by atoms with E-state index in [0.717, 1.165) is 10.4 Å². The van der Waals surface area contributed by atoms with E-state index in [2.05, 4.69) is 10.6 Å². The fourth-order valence-electron chi connectivity index (χ4n) is 2.99. The van der Waals surface area contributed by atoms with E-state index in [-0.39, 0.29) is 61.4 Å². The second-order valence-electron chi connectivity index (χ2n) is 7.28. The zero-order valence-electron chi connectivity index (χ0n) is 17.7. The van der Waals surface area contributed by atoms with Gasteiger partial charge in [0.05, 0.1) is 11.1 Å². The number of benzene rings is 1. The van der Waals surface area contributed by atoms with E-state index in [1.54, 1.807) is 36.4 Å². The Labute approximate surface area is 189 Å². The molecule has 0 bridgehead atoms. The quantitative estimate of drug-likeness (QED) is 0.416. The predicted molar refractivity (Wildman–Crippen MR) is 122 cm³/mol. The van der Waals surface area contributed by atoms with E-state index in [9.17, 15) is 19.2 Å². The number of carbonyl (C=O) groups is 4. The molecule has 2 amide bonds. The van der Waals surface area contributed by atoms with E-state index < -0.39 is 0 Å². The molecule has 0 atom stereocenters. The second-order valence-corrected chi connectivity index (χ2v) is 8.57. The Bertz CT molecular complexity index is 1100. The van der Waals surface area contributed by atoms with Crippen LogP contribution in [0.25, 0.3) is 0 Å². The maximum atomic E-state index is 12.1. The van der Waals surface area contributed by atoms with Crippen LogP contribution in [0.2, 0.25) is 0 Å². The summed E-state index contributed by atoms with van der Waals surface area (Å²) in [7, 11) is 0. The first-order chi connectivity index (χ1) is 15.4. The molecule has 0 saturated heterocycles. The summed E-state index contributed by atoms with van der Waals surface area (Å²) < 4.78 is 5.06. The molecule has 0 unspecified atom stereocenters. The number of nitrogens with one attached hydrogen (secondary N) is 2.